The second kappa shape index (κ2) is 6.97. The van der Waals surface area contributed by atoms with E-state index in [4.69, 9.17) is 9.72 Å². The Hall–Kier alpha value is -1.39. The van der Waals surface area contributed by atoms with E-state index in [0.717, 1.165) is 53.4 Å². The third-order valence-corrected chi connectivity index (χ3v) is 5.87. The van der Waals surface area contributed by atoms with E-state index in [1.807, 2.05) is 0 Å². The predicted octanol–water partition coefficient (Wildman–Crippen LogP) is 5.84. The van der Waals surface area contributed by atoms with Gasteiger partial charge in [0.25, 0.3) is 0 Å². The molecule has 1 aromatic heterocycles. The lowest BCUT2D eigenvalue weighted by Crippen LogP contribution is -2.17. The van der Waals surface area contributed by atoms with Gasteiger partial charge in [0.05, 0.1) is 5.69 Å². The Kier molecular flexibility index (Phi) is 5.19. The molecule has 1 N–H and O–H groups in total. The predicted molar refractivity (Wildman–Crippen MR) is 109 cm³/mol. The van der Waals surface area contributed by atoms with E-state index in [1.165, 1.54) is 5.92 Å². The molecule has 0 unspecified atom stereocenters. The minimum Gasteiger partial charge on any atom is -0.507 e. The first-order chi connectivity index (χ1) is 12.1. The molecule has 26 heavy (non-hydrogen) atoms. The summed E-state index contributed by atoms with van der Waals surface area (Å²) < 4.78 is 5.46. The van der Waals surface area contributed by atoms with Gasteiger partial charge in [-0.1, -0.05) is 41.5 Å². The summed E-state index contributed by atoms with van der Waals surface area (Å²) in [6, 6.07) is 4.22. The summed E-state index contributed by atoms with van der Waals surface area (Å²) in [7, 11) is 0. The molecular formula is C22H30NO2S. The maximum Gasteiger partial charge on any atom is 0.123 e. The molecule has 1 aliphatic rings. The number of phenolic OH excluding ortho intramolecular Hbond substituents is 1. The van der Waals surface area contributed by atoms with Crippen molar-refractivity contribution < 1.29 is 9.84 Å². The number of phenols is 1. The quantitative estimate of drug-likeness (QED) is 0.719. The maximum atomic E-state index is 10.9. The largest absolute Gasteiger partial charge is 0.507 e. The van der Waals surface area contributed by atoms with Crippen LogP contribution in [0.4, 0.5) is 0 Å². The topological polar surface area (TPSA) is 42.4 Å². The summed E-state index contributed by atoms with van der Waals surface area (Å²) in [5.41, 5.74) is 3.79. The van der Waals surface area contributed by atoms with Crippen molar-refractivity contribution in [3.8, 4) is 17.0 Å². The third kappa shape index (κ3) is 3.96. The Morgan fingerprint density at radius 2 is 1.50 bits per heavy atom. The minimum absolute atomic E-state index is 0.131. The van der Waals surface area contributed by atoms with Gasteiger partial charge in [-0.15, -0.1) is 11.3 Å². The van der Waals surface area contributed by atoms with Crippen molar-refractivity contribution in [2.75, 3.05) is 13.2 Å². The van der Waals surface area contributed by atoms with E-state index in [1.54, 1.807) is 11.3 Å². The monoisotopic (exact) mass is 372 g/mol. The lowest BCUT2D eigenvalue weighted by molar-refractivity contribution is 0.109. The van der Waals surface area contributed by atoms with Gasteiger partial charge in [0.2, 0.25) is 0 Å². The molecule has 0 bridgehead atoms. The van der Waals surface area contributed by atoms with Gasteiger partial charge in [0.15, 0.2) is 0 Å². The Morgan fingerprint density at radius 1 is 0.962 bits per heavy atom. The molecule has 1 aliphatic heterocycles. The average molecular weight is 373 g/mol. The smallest absolute Gasteiger partial charge is 0.123 e. The summed E-state index contributed by atoms with van der Waals surface area (Å²) in [4.78, 5) is 4.92. The van der Waals surface area contributed by atoms with Crippen molar-refractivity contribution in [3.63, 3.8) is 0 Å². The molecule has 2 aromatic rings. The van der Waals surface area contributed by atoms with Crippen molar-refractivity contribution in [1.29, 1.82) is 0 Å². The van der Waals surface area contributed by atoms with Crippen LogP contribution in [0.25, 0.3) is 11.3 Å². The van der Waals surface area contributed by atoms with E-state index >= 15 is 0 Å². The highest BCUT2D eigenvalue weighted by molar-refractivity contribution is 7.10. The second-order valence-electron chi connectivity index (χ2n) is 9.17. The van der Waals surface area contributed by atoms with Crippen LogP contribution in [0, 0.1) is 5.92 Å². The zero-order chi connectivity index (χ0) is 19.1. The molecule has 1 radical (unpaired) electrons. The first-order valence-corrected chi connectivity index (χ1v) is 10.2. The van der Waals surface area contributed by atoms with Crippen LogP contribution in [0.15, 0.2) is 17.5 Å². The zero-order valence-electron chi connectivity index (χ0n) is 16.8. The summed E-state index contributed by atoms with van der Waals surface area (Å²) >= 11 is 1.72. The molecule has 1 aromatic carbocycles. The number of benzene rings is 1. The summed E-state index contributed by atoms with van der Waals surface area (Å²) in [6.07, 6.45) is 1.95. The van der Waals surface area contributed by atoms with Gasteiger partial charge in [0, 0.05) is 41.2 Å². The number of aromatic nitrogens is 1. The molecule has 1 saturated heterocycles. The van der Waals surface area contributed by atoms with E-state index in [2.05, 4.69) is 59.1 Å². The lowest BCUT2D eigenvalue weighted by Gasteiger charge is -2.28. The molecule has 2 heterocycles. The van der Waals surface area contributed by atoms with Crippen LogP contribution in [-0.2, 0) is 15.6 Å². The highest BCUT2D eigenvalue weighted by atomic mass is 32.1. The number of ether oxygens (including phenoxy) is 1. The van der Waals surface area contributed by atoms with Gasteiger partial charge in [-0.3, -0.25) is 0 Å². The van der Waals surface area contributed by atoms with Crippen LogP contribution in [0.5, 0.6) is 5.75 Å². The maximum absolute atomic E-state index is 10.9. The van der Waals surface area contributed by atoms with Crippen molar-refractivity contribution in [2.45, 2.75) is 65.2 Å². The Morgan fingerprint density at radius 3 is 2.00 bits per heavy atom. The Labute approximate surface area is 161 Å². The van der Waals surface area contributed by atoms with Gasteiger partial charge in [0.1, 0.15) is 10.8 Å². The third-order valence-electron chi connectivity index (χ3n) is 4.92. The molecule has 3 rings (SSSR count). The number of nitrogens with zero attached hydrogens (tertiary/aromatic N) is 1. The molecule has 141 valence electrons. The Balaban J connectivity index is 2.06. The van der Waals surface area contributed by atoms with Crippen LogP contribution in [-0.4, -0.2) is 23.3 Å². The van der Waals surface area contributed by atoms with Gasteiger partial charge in [-0.2, -0.15) is 0 Å². The van der Waals surface area contributed by atoms with Crippen LogP contribution in [0.3, 0.4) is 0 Å². The Bertz CT molecular complexity index is 739. The minimum atomic E-state index is -0.131. The summed E-state index contributed by atoms with van der Waals surface area (Å²) in [5.74, 6) is 1.82. The van der Waals surface area contributed by atoms with Gasteiger partial charge >= 0.3 is 0 Å². The molecule has 0 saturated carbocycles. The molecule has 4 heteroatoms. The normalized spacial score (nSPS) is 16.8. The number of thiazole rings is 1. The number of rotatable bonds is 2. The fourth-order valence-electron chi connectivity index (χ4n) is 3.33. The van der Waals surface area contributed by atoms with Crippen molar-refractivity contribution >= 4 is 11.3 Å². The molecule has 0 spiro atoms. The average Bonchev–Trinajstić information content (AvgIpc) is 3.03. The van der Waals surface area contributed by atoms with E-state index in [0.29, 0.717) is 5.75 Å². The zero-order valence-corrected chi connectivity index (χ0v) is 17.6. The van der Waals surface area contributed by atoms with Crippen LogP contribution >= 0.6 is 11.3 Å². The molecular weight excluding hydrogens is 342 g/mol. The second-order valence-corrected chi connectivity index (χ2v) is 10.0. The summed E-state index contributed by atoms with van der Waals surface area (Å²) in [5, 5.41) is 14.2. The SMILES string of the molecule is CC(C)(C)c1cc(-c2csc([C]3CCOCC3)n2)cc(C(C)(C)C)c1O. The fourth-order valence-corrected chi connectivity index (χ4v) is 4.26. The van der Waals surface area contributed by atoms with Crippen LogP contribution in [0.2, 0.25) is 0 Å². The van der Waals surface area contributed by atoms with Crippen molar-refractivity contribution in [1.82, 2.24) is 4.98 Å². The van der Waals surface area contributed by atoms with E-state index in [9.17, 15) is 5.11 Å². The molecule has 0 aliphatic carbocycles. The first kappa shape index (κ1) is 19.4. The fraction of sp³-hybridized carbons (Fsp3) is 0.545. The van der Waals surface area contributed by atoms with Gasteiger partial charge in [-0.05, 0) is 35.8 Å². The molecule has 3 nitrogen and oxygen atoms in total. The van der Waals surface area contributed by atoms with Crippen LogP contribution < -0.4 is 0 Å². The number of aromatic hydroxyl groups is 1. The first-order valence-electron chi connectivity index (χ1n) is 9.34. The highest BCUT2D eigenvalue weighted by Crippen LogP contribution is 2.42. The number of hydrogen-bond acceptors (Lipinski definition) is 4. The van der Waals surface area contributed by atoms with Crippen molar-refractivity contribution in [3.05, 3.63) is 39.6 Å². The molecule has 0 atom stereocenters. The van der Waals surface area contributed by atoms with Gasteiger partial charge in [-0.25, -0.2) is 4.98 Å². The molecule has 0 amide bonds. The van der Waals surface area contributed by atoms with E-state index < -0.39 is 0 Å². The van der Waals surface area contributed by atoms with Gasteiger partial charge < -0.3 is 9.84 Å². The standard InChI is InChI=1S/C22H30NO2S/c1-21(2,3)16-11-15(12-17(19(16)24)22(4,5)6)18-13-26-20(23-18)14-7-9-25-10-8-14/h11-13,24H,7-10H2,1-6H3. The van der Waals surface area contributed by atoms with Crippen LogP contribution in [0.1, 0.15) is 70.5 Å². The molecule has 1 fully saturated rings. The highest BCUT2D eigenvalue weighted by Gasteiger charge is 2.27. The lowest BCUT2D eigenvalue weighted by atomic mass is 9.78. The number of hydrogen-bond donors (Lipinski definition) is 1. The van der Waals surface area contributed by atoms with Crippen molar-refractivity contribution in [2.24, 2.45) is 0 Å². The van der Waals surface area contributed by atoms with E-state index in [-0.39, 0.29) is 10.8 Å². The summed E-state index contributed by atoms with van der Waals surface area (Å²) in [6.45, 7) is 14.4.